The molecule has 0 bridgehead atoms. The van der Waals surface area contributed by atoms with E-state index >= 15 is 0 Å². The van der Waals surface area contributed by atoms with Crippen LogP contribution in [0.15, 0.2) is 72.2 Å². The molecule has 5 heteroatoms. The lowest BCUT2D eigenvalue weighted by atomic mass is 10.1. The van der Waals surface area contributed by atoms with Gasteiger partial charge in [-0.25, -0.2) is 0 Å². The molecule has 4 nitrogen and oxygen atoms in total. The summed E-state index contributed by atoms with van der Waals surface area (Å²) in [7, 11) is 0. The van der Waals surface area contributed by atoms with Crippen molar-refractivity contribution in [1.29, 1.82) is 0 Å². The first-order valence-corrected chi connectivity index (χ1v) is 10.3. The van der Waals surface area contributed by atoms with Crippen molar-refractivity contribution < 1.29 is 4.79 Å². The second-order valence-corrected chi connectivity index (χ2v) is 7.94. The topological polar surface area (TPSA) is 60.1 Å². The number of nitrogens with one attached hydrogen (secondary N) is 1. The zero-order valence-electron chi connectivity index (χ0n) is 15.6. The summed E-state index contributed by atoms with van der Waals surface area (Å²) in [5.41, 5.74) is 9.49. The molecule has 1 amide bonds. The van der Waals surface area contributed by atoms with Gasteiger partial charge in [-0.05, 0) is 64.7 Å². The molecule has 0 saturated heterocycles. The third-order valence-corrected chi connectivity index (χ3v) is 5.82. The third kappa shape index (κ3) is 4.32. The number of carbonyl (C=O) groups is 1. The molecule has 0 aliphatic rings. The molecule has 28 heavy (non-hydrogen) atoms. The van der Waals surface area contributed by atoms with Crippen LogP contribution >= 0.6 is 11.3 Å². The van der Waals surface area contributed by atoms with Gasteiger partial charge >= 0.3 is 0 Å². The van der Waals surface area contributed by atoms with Crippen LogP contribution in [-0.2, 0) is 19.5 Å². The number of nitrogens with zero attached hydrogens (tertiary/aromatic N) is 1. The van der Waals surface area contributed by atoms with Crippen LogP contribution in [0.4, 0.5) is 0 Å². The monoisotopic (exact) mass is 389 g/mol. The molecule has 0 saturated carbocycles. The molecular formula is C23H23N3OS. The zero-order valence-corrected chi connectivity index (χ0v) is 16.4. The molecule has 2 aromatic carbocycles. The van der Waals surface area contributed by atoms with E-state index < -0.39 is 5.91 Å². The highest BCUT2D eigenvalue weighted by Gasteiger charge is 2.05. The first-order valence-electron chi connectivity index (χ1n) is 9.39. The van der Waals surface area contributed by atoms with E-state index in [1.807, 2.05) is 23.5 Å². The molecule has 0 radical (unpaired) electrons. The highest BCUT2D eigenvalue weighted by atomic mass is 32.1. The number of aromatic nitrogens is 1. The molecule has 2 heterocycles. The first kappa shape index (κ1) is 18.5. The fraction of sp³-hybridized carbons (Fsp3) is 0.174. The van der Waals surface area contributed by atoms with Crippen molar-refractivity contribution in [1.82, 2.24) is 9.88 Å². The van der Waals surface area contributed by atoms with E-state index in [0.717, 1.165) is 31.6 Å². The van der Waals surface area contributed by atoms with Crippen LogP contribution in [0.5, 0.6) is 0 Å². The van der Waals surface area contributed by atoms with E-state index in [2.05, 4.69) is 57.9 Å². The quantitative estimate of drug-likeness (QED) is 0.444. The van der Waals surface area contributed by atoms with E-state index in [9.17, 15) is 4.79 Å². The van der Waals surface area contributed by atoms with Crippen LogP contribution < -0.4 is 11.1 Å². The van der Waals surface area contributed by atoms with Crippen molar-refractivity contribution in [2.45, 2.75) is 19.5 Å². The SMILES string of the molecule is NC(=O)c1ccc(Cn2ccc3cc(CNCCc4cccs4)ccc32)cc1. The van der Waals surface area contributed by atoms with Crippen LogP contribution in [0.2, 0.25) is 0 Å². The summed E-state index contributed by atoms with van der Waals surface area (Å²) in [5.74, 6) is -0.394. The molecule has 142 valence electrons. The average molecular weight is 390 g/mol. The Morgan fingerprint density at radius 1 is 1.04 bits per heavy atom. The summed E-state index contributed by atoms with van der Waals surface area (Å²) in [6.45, 7) is 2.63. The maximum absolute atomic E-state index is 11.2. The summed E-state index contributed by atoms with van der Waals surface area (Å²) >= 11 is 1.81. The highest BCUT2D eigenvalue weighted by Crippen LogP contribution is 2.19. The van der Waals surface area contributed by atoms with Crippen LogP contribution in [0.3, 0.4) is 0 Å². The lowest BCUT2D eigenvalue weighted by molar-refractivity contribution is 0.100. The molecule has 0 fully saturated rings. The van der Waals surface area contributed by atoms with Crippen LogP contribution in [0.1, 0.15) is 26.4 Å². The van der Waals surface area contributed by atoms with E-state index in [0.29, 0.717) is 5.56 Å². The van der Waals surface area contributed by atoms with Gasteiger partial charge in [0.2, 0.25) is 5.91 Å². The van der Waals surface area contributed by atoms with E-state index in [-0.39, 0.29) is 0 Å². The summed E-state index contributed by atoms with van der Waals surface area (Å²) in [4.78, 5) is 12.6. The smallest absolute Gasteiger partial charge is 0.248 e. The van der Waals surface area contributed by atoms with Gasteiger partial charge in [0, 0.05) is 41.8 Å². The highest BCUT2D eigenvalue weighted by molar-refractivity contribution is 7.09. The van der Waals surface area contributed by atoms with Gasteiger partial charge in [0.15, 0.2) is 0 Å². The molecule has 3 N–H and O–H groups in total. The standard InChI is InChI=1S/C23H23N3OS/c24-23(27)19-6-3-17(4-7-19)16-26-12-10-20-14-18(5-8-22(20)26)15-25-11-9-21-2-1-13-28-21/h1-8,10,12-14,25H,9,11,15-16H2,(H2,24,27). The van der Waals surface area contributed by atoms with Gasteiger partial charge in [-0.2, -0.15) is 0 Å². The van der Waals surface area contributed by atoms with Gasteiger partial charge in [-0.3, -0.25) is 4.79 Å². The van der Waals surface area contributed by atoms with Crippen LogP contribution in [0.25, 0.3) is 10.9 Å². The Hall–Kier alpha value is -2.89. The summed E-state index contributed by atoms with van der Waals surface area (Å²) < 4.78 is 2.22. The average Bonchev–Trinajstić information content (AvgIpc) is 3.36. The fourth-order valence-corrected chi connectivity index (χ4v) is 4.08. The number of rotatable bonds is 8. The molecular weight excluding hydrogens is 366 g/mol. The number of amides is 1. The second-order valence-electron chi connectivity index (χ2n) is 6.90. The first-order chi connectivity index (χ1) is 13.7. The molecule has 0 spiro atoms. The zero-order chi connectivity index (χ0) is 19.3. The lowest BCUT2D eigenvalue weighted by Crippen LogP contribution is -2.16. The van der Waals surface area contributed by atoms with Gasteiger partial charge in [-0.1, -0.05) is 24.3 Å². The second kappa shape index (κ2) is 8.42. The maximum Gasteiger partial charge on any atom is 0.248 e. The Kier molecular flexibility index (Phi) is 5.55. The summed E-state index contributed by atoms with van der Waals surface area (Å²) in [5, 5.41) is 6.89. The number of hydrogen-bond donors (Lipinski definition) is 2. The Bertz CT molecular complexity index is 1070. The fourth-order valence-electron chi connectivity index (χ4n) is 3.37. The Balaban J connectivity index is 1.39. The Labute approximate surface area is 168 Å². The van der Waals surface area contributed by atoms with E-state index in [1.54, 1.807) is 12.1 Å². The predicted molar refractivity (Wildman–Crippen MR) is 116 cm³/mol. The molecule has 4 aromatic rings. The van der Waals surface area contributed by atoms with Gasteiger partial charge < -0.3 is 15.6 Å². The Morgan fingerprint density at radius 3 is 2.61 bits per heavy atom. The normalized spacial score (nSPS) is 11.1. The molecule has 2 aromatic heterocycles. The number of hydrogen-bond acceptors (Lipinski definition) is 3. The lowest BCUT2D eigenvalue weighted by Gasteiger charge is -2.08. The molecule has 4 rings (SSSR count). The number of nitrogens with two attached hydrogens (primary N) is 1. The minimum absolute atomic E-state index is 0.394. The van der Waals surface area contributed by atoms with Gasteiger partial charge in [-0.15, -0.1) is 11.3 Å². The third-order valence-electron chi connectivity index (χ3n) is 4.88. The number of thiophene rings is 1. The van der Waals surface area contributed by atoms with E-state index in [4.69, 9.17) is 5.73 Å². The number of fused-ring (bicyclic) bond motifs is 1. The van der Waals surface area contributed by atoms with Crippen LogP contribution in [-0.4, -0.2) is 17.0 Å². The Morgan fingerprint density at radius 2 is 1.86 bits per heavy atom. The van der Waals surface area contributed by atoms with Crippen molar-refractivity contribution in [3.63, 3.8) is 0 Å². The number of benzene rings is 2. The number of carbonyl (C=O) groups excluding carboxylic acids is 1. The van der Waals surface area contributed by atoms with E-state index in [1.165, 1.54) is 21.3 Å². The summed E-state index contributed by atoms with van der Waals surface area (Å²) in [6.07, 6.45) is 3.19. The van der Waals surface area contributed by atoms with Crippen LogP contribution in [0, 0.1) is 0 Å². The van der Waals surface area contributed by atoms with Crippen molar-refractivity contribution in [3.05, 3.63) is 93.8 Å². The number of primary amides is 1. The van der Waals surface area contributed by atoms with Crippen molar-refractivity contribution >= 4 is 28.1 Å². The van der Waals surface area contributed by atoms with Gasteiger partial charge in [0.05, 0.1) is 0 Å². The maximum atomic E-state index is 11.2. The predicted octanol–water partition coefficient (Wildman–Crippen LogP) is 4.18. The molecule has 0 aliphatic carbocycles. The van der Waals surface area contributed by atoms with Gasteiger partial charge in [0.25, 0.3) is 0 Å². The molecule has 0 atom stereocenters. The molecule has 0 unspecified atom stereocenters. The molecule has 0 aliphatic heterocycles. The van der Waals surface area contributed by atoms with Crippen molar-refractivity contribution in [2.75, 3.05) is 6.54 Å². The largest absolute Gasteiger partial charge is 0.366 e. The minimum atomic E-state index is -0.394. The van der Waals surface area contributed by atoms with Crippen molar-refractivity contribution in [2.24, 2.45) is 5.73 Å². The minimum Gasteiger partial charge on any atom is -0.366 e. The van der Waals surface area contributed by atoms with Gasteiger partial charge in [0.1, 0.15) is 0 Å². The summed E-state index contributed by atoms with van der Waals surface area (Å²) in [6, 6.07) is 20.5. The van der Waals surface area contributed by atoms with Crippen molar-refractivity contribution in [3.8, 4) is 0 Å².